The van der Waals surface area contributed by atoms with E-state index in [0.29, 0.717) is 58.1 Å². The first-order chi connectivity index (χ1) is 43.6. The van der Waals surface area contributed by atoms with Crippen molar-refractivity contribution in [2.24, 2.45) is 0 Å². The van der Waals surface area contributed by atoms with E-state index in [1.54, 1.807) is 0 Å². The molecule has 10 aromatic carbocycles. The Morgan fingerprint density at radius 2 is 0.584 bits per heavy atom. The molecule has 89 heavy (non-hydrogen) atoms. The van der Waals surface area contributed by atoms with Crippen LogP contribution in [0.3, 0.4) is 0 Å². The molecule has 8 nitrogen and oxygen atoms in total. The number of benzene rings is 10. The van der Waals surface area contributed by atoms with E-state index in [2.05, 4.69) is 86.6 Å². The minimum atomic E-state index is -2.68. The molecule has 1 aliphatic rings. The van der Waals surface area contributed by atoms with E-state index < -0.39 is 14.5 Å². The molecule has 0 atom stereocenters. The Kier molecular flexibility index (Phi) is 24.7. The summed E-state index contributed by atoms with van der Waals surface area (Å²) in [5.41, 5.74) is 6.19. The first-order valence-corrected chi connectivity index (χ1v) is 34.5. The van der Waals surface area contributed by atoms with Crippen molar-refractivity contribution < 1.29 is 40.1 Å². The van der Waals surface area contributed by atoms with E-state index in [4.69, 9.17) is 42.9 Å². The van der Waals surface area contributed by atoms with Gasteiger partial charge >= 0.3 is 0 Å². The summed E-state index contributed by atoms with van der Waals surface area (Å²) < 4.78 is 13.4. The molecule has 10 aromatic rings. The monoisotopic (exact) mass is 1260 g/mol. The largest absolute Gasteiger partial charge is 0.872 e. The number of aliphatic hydroxyl groups is 4. The van der Waals surface area contributed by atoms with Gasteiger partial charge < -0.3 is 40.1 Å². The number of halogens is 2. The van der Waals surface area contributed by atoms with Crippen LogP contribution in [-0.4, -0.2) is 53.2 Å². The number of para-hydroxylation sites is 2. The Morgan fingerprint density at radius 1 is 0.371 bits per heavy atom. The third kappa shape index (κ3) is 15.3. The van der Waals surface area contributed by atoms with Gasteiger partial charge in [-0.3, -0.25) is 0 Å². The highest BCUT2D eigenvalue weighted by atomic mass is 35.5. The first-order valence-electron chi connectivity index (χ1n) is 29.7. The lowest BCUT2D eigenvalue weighted by Gasteiger charge is -2.27. The van der Waals surface area contributed by atoms with Crippen molar-refractivity contribution in [3.63, 3.8) is 0 Å². The number of hydrogen-bond acceptors (Lipinski definition) is 8. The molecule has 0 spiro atoms. The molecule has 456 valence electrons. The summed E-state index contributed by atoms with van der Waals surface area (Å²) in [5.74, 6) is 5.19. The van der Waals surface area contributed by atoms with Crippen LogP contribution in [0, 0.1) is 0 Å². The lowest BCUT2D eigenvalue weighted by molar-refractivity contribution is -0.271. The van der Waals surface area contributed by atoms with Crippen LogP contribution in [0.1, 0.15) is 82.3 Å². The summed E-state index contributed by atoms with van der Waals surface area (Å²) in [6, 6.07) is 81.6. The molecule has 1 aliphatic carbocycles. The molecule has 0 saturated heterocycles. The molecule has 0 unspecified atom stereocenters. The van der Waals surface area contributed by atoms with Gasteiger partial charge in [0, 0.05) is 51.0 Å². The summed E-state index contributed by atoms with van der Waals surface area (Å²) in [6.45, 7) is 4.93. The second-order valence-electron chi connectivity index (χ2n) is 21.1. The van der Waals surface area contributed by atoms with Crippen LogP contribution in [0.4, 0.5) is 0 Å². The minimum absolute atomic E-state index is 0.0689. The molecule has 0 saturated carbocycles. The van der Waals surface area contributed by atoms with Gasteiger partial charge in [0.1, 0.15) is 69.5 Å². The average molecular weight is 1260 g/mol. The second kappa shape index (κ2) is 32.9. The normalized spacial score (nSPS) is 12.2. The van der Waals surface area contributed by atoms with Crippen molar-refractivity contribution in [1.29, 1.82) is 0 Å². The number of aliphatic hydroxyl groups excluding tert-OH is 4. The van der Waals surface area contributed by atoms with Gasteiger partial charge in [0.15, 0.2) is 11.5 Å². The van der Waals surface area contributed by atoms with E-state index in [-0.39, 0.29) is 54.0 Å². The van der Waals surface area contributed by atoms with Crippen LogP contribution in [-0.2, 0) is 25.7 Å². The molecule has 4 N–H and O–H groups in total. The summed E-state index contributed by atoms with van der Waals surface area (Å²) in [5, 5.41) is 77.2. The van der Waals surface area contributed by atoms with Crippen LogP contribution in [0.2, 0.25) is 0 Å². The topological polar surface area (TPSA) is 146 Å². The molecule has 0 radical (unpaired) electrons. The van der Waals surface area contributed by atoms with Crippen molar-refractivity contribution in [1.82, 2.24) is 0 Å². The Morgan fingerprint density at radius 3 is 0.787 bits per heavy atom. The van der Waals surface area contributed by atoms with Gasteiger partial charge in [-0.1, -0.05) is 182 Å². The molecule has 0 aliphatic heterocycles. The van der Waals surface area contributed by atoms with Gasteiger partial charge in [-0.05, 0) is 132 Å². The van der Waals surface area contributed by atoms with E-state index in [9.17, 15) is 10.2 Å². The van der Waals surface area contributed by atoms with Gasteiger partial charge in [0.05, 0.1) is 18.6 Å². The standard InChI is InChI=1S/C74H66O6P2.CH2Cl2.2CH4O/c1-3-41-79-73-53-25-23-26-54(73)44-60-48-58(70(76)52-82(66-35-17-8-18-36-66,67-37-19-9-20-38-67)68-39-21-10-22-40-68)50-62(72(60)78)46-56-28-24-27-55(74(56)80-42-4-2)45-61-49-57(47-59(43-53)71(61)77)69(75)51-81(63-29-11-5-12-30-63,64-31-13-6-14-32-64)65-33-15-7-16-34-65;2-1-3;2*1-2/h5-40,47-52H,3-4,41-46H2,1-2H3,(H2-2,75,76,77,78);1H2;2*2H,1H3/b69-51-,70-52-;;;. The Labute approximate surface area is 536 Å². The fraction of sp³-hybridized carbons (Fsp3) is 0.169. The number of alkyl halides is 2. The van der Waals surface area contributed by atoms with Gasteiger partial charge in [-0.25, -0.2) is 0 Å². The SMILES string of the molecule is CCCOc1c2cccc1Cc1cc(/C(O)=C/[P+](c3ccccc3)(c3ccccc3)c3ccccc3)cc(c1[O-])Cc1cccc(c1OCCC)Cc1cc(/C(O)=C/[P+](c3ccccc3)(c3ccccc3)c3ccccc3)cc(c1[O-])C2.CO.CO.ClCCl. The van der Waals surface area contributed by atoms with Gasteiger partial charge in [-0.2, -0.15) is 0 Å². The van der Waals surface area contributed by atoms with E-state index in [1.165, 1.54) is 0 Å². The average Bonchev–Trinajstić information content (AvgIpc) is 1.23. The smallest absolute Gasteiger partial charge is 0.158 e. The number of rotatable bonds is 16. The molecular formula is C77H76Cl2O8P2. The maximum absolute atomic E-state index is 15.3. The van der Waals surface area contributed by atoms with E-state index >= 15 is 10.2 Å². The van der Waals surface area contributed by atoms with E-state index in [0.717, 1.165) is 81.1 Å². The molecule has 0 aromatic heterocycles. The molecule has 11 rings (SSSR count). The summed E-state index contributed by atoms with van der Waals surface area (Å²) in [7, 11) is -3.35. The Balaban J connectivity index is 0.00000141. The fourth-order valence-corrected chi connectivity index (χ4v) is 19.2. The Bertz CT molecular complexity index is 3370. The maximum atomic E-state index is 15.3. The first kappa shape index (κ1) is 66.8. The predicted octanol–water partition coefficient (Wildman–Crippen LogP) is 14.4. The number of ether oxygens (including phenoxy) is 2. The molecular weight excluding hydrogens is 1190 g/mol. The summed E-state index contributed by atoms with van der Waals surface area (Å²) in [4.78, 5) is 0. The molecule has 0 heterocycles. The lowest BCUT2D eigenvalue weighted by atomic mass is 9.89. The van der Waals surface area contributed by atoms with Gasteiger partial charge in [0.25, 0.3) is 0 Å². The highest BCUT2D eigenvalue weighted by Gasteiger charge is 2.46. The van der Waals surface area contributed by atoms with E-state index in [1.807, 2.05) is 181 Å². The zero-order valence-electron chi connectivity index (χ0n) is 50.7. The van der Waals surface area contributed by atoms with Crippen LogP contribution in [0.5, 0.6) is 23.0 Å². The zero-order chi connectivity index (χ0) is 63.2. The second-order valence-corrected chi connectivity index (χ2v) is 28.4. The Hall–Kier alpha value is -8.16. The zero-order valence-corrected chi connectivity index (χ0v) is 54.0. The quantitative estimate of drug-likeness (QED) is 0.0425. The van der Waals surface area contributed by atoms with Crippen molar-refractivity contribution in [3.05, 3.63) is 310 Å². The van der Waals surface area contributed by atoms with Crippen LogP contribution in [0.15, 0.2) is 254 Å². The molecule has 12 heteroatoms. The van der Waals surface area contributed by atoms with Gasteiger partial charge in [-0.15, -0.1) is 34.7 Å². The summed E-state index contributed by atoms with van der Waals surface area (Å²) in [6.07, 6.45) is 2.23. The molecule has 8 bridgehead atoms. The van der Waals surface area contributed by atoms with Crippen LogP contribution in [0.25, 0.3) is 11.5 Å². The minimum Gasteiger partial charge on any atom is -0.872 e. The van der Waals surface area contributed by atoms with Crippen LogP contribution >= 0.6 is 37.7 Å². The number of fused-ring (bicyclic) bond motifs is 8. The van der Waals surface area contributed by atoms with Crippen molar-refractivity contribution in [3.8, 4) is 23.0 Å². The third-order valence-corrected chi connectivity index (χ3v) is 23.4. The predicted molar refractivity (Wildman–Crippen MR) is 372 cm³/mol. The summed E-state index contributed by atoms with van der Waals surface area (Å²) >= 11 is 9.53. The van der Waals surface area contributed by atoms with Crippen molar-refractivity contribution in [2.75, 3.05) is 32.8 Å². The number of hydrogen-bond donors (Lipinski definition) is 4. The lowest BCUT2D eigenvalue weighted by Crippen LogP contribution is -2.29. The third-order valence-electron chi connectivity index (χ3n) is 15.5. The molecule has 0 fully saturated rings. The van der Waals surface area contributed by atoms with Crippen molar-refractivity contribution >= 4 is 81.1 Å². The van der Waals surface area contributed by atoms with Crippen molar-refractivity contribution in [2.45, 2.75) is 52.4 Å². The van der Waals surface area contributed by atoms with Crippen LogP contribution < -0.4 is 51.5 Å². The fourth-order valence-electron chi connectivity index (χ4n) is 11.6. The molecule has 0 amide bonds. The maximum Gasteiger partial charge on any atom is 0.158 e. The van der Waals surface area contributed by atoms with Gasteiger partial charge in [0.2, 0.25) is 0 Å². The highest BCUT2D eigenvalue weighted by molar-refractivity contribution is 7.98. The highest BCUT2D eigenvalue weighted by Crippen LogP contribution is 2.60.